The Morgan fingerprint density at radius 1 is 1.14 bits per heavy atom. The van der Waals surface area contributed by atoms with Crippen LogP contribution >= 0.6 is 0 Å². The molecule has 1 saturated heterocycles. The Bertz CT molecular complexity index is 1360. The Morgan fingerprint density at radius 2 is 1.89 bits per heavy atom. The van der Waals surface area contributed by atoms with E-state index in [1.165, 1.54) is 6.42 Å². The molecule has 3 atom stereocenters. The van der Waals surface area contributed by atoms with Gasteiger partial charge in [0.1, 0.15) is 5.75 Å². The number of hydrogen-bond donors (Lipinski definition) is 1. The van der Waals surface area contributed by atoms with E-state index in [2.05, 4.69) is 12.2 Å². The molecule has 1 saturated carbocycles. The highest BCUT2D eigenvalue weighted by atomic mass is 32.2. The number of aryl methyl sites for hydroxylation is 1. The lowest BCUT2D eigenvalue weighted by Crippen LogP contribution is -2.41. The van der Waals surface area contributed by atoms with Crippen LogP contribution in [0.3, 0.4) is 0 Å². The first-order valence-electron chi connectivity index (χ1n) is 12.3. The van der Waals surface area contributed by atoms with E-state index in [1.807, 2.05) is 37.3 Å². The van der Waals surface area contributed by atoms with Crippen molar-refractivity contribution in [2.45, 2.75) is 58.0 Å². The van der Waals surface area contributed by atoms with Gasteiger partial charge in [-0.15, -0.1) is 0 Å². The molecule has 8 nitrogen and oxygen atoms in total. The quantitative estimate of drug-likeness (QED) is 0.571. The summed E-state index contributed by atoms with van der Waals surface area (Å²) in [5.74, 6) is 1.21. The normalized spacial score (nSPS) is 23.9. The highest BCUT2D eigenvalue weighted by molar-refractivity contribution is 7.91. The summed E-state index contributed by atoms with van der Waals surface area (Å²) in [5, 5.41) is 8.66. The molecule has 1 amide bonds. The summed E-state index contributed by atoms with van der Waals surface area (Å²) < 4.78 is 31.4. The lowest BCUT2D eigenvalue weighted by Gasteiger charge is -2.29. The van der Waals surface area contributed by atoms with E-state index in [1.54, 1.807) is 11.8 Å². The first-order chi connectivity index (χ1) is 16.8. The Labute approximate surface area is 206 Å². The fraction of sp³-hybridized carbons (Fsp3) is 0.500. The Balaban J connectivity index is 1.63. The van der Waals surface area contributed by atoms with E-state index in [0.717, 1.165) is 30.6 Å². The molecule has 0 radical (unpaired) electrons. The van der Waals surface area contributed by atoms with Gasteiger partial charge in [0.05, 0.1) is 47.0 Å². The van der Waals surface area contributed by atoms with Gasteiger partial charge in [-0.1, -0.05) is 19.8 Å². The predicted octanol–water partition coefficient (Wildman–Crippen LogP) is 4.08. The van der Waals surface area contributed by atoms with Crippen molar-refractivity contribution in [2.24, 2.45) is 5.92 Å². The molecule has 5 rings (SSSR count). The number of nitrogens with one attached hydrogen (secondary N) is 1. The molecule has 1 N–H and O–H groups in total. The molecule has 1 aliphatic carbocycles. The van der Waals surface area contributed by atoms with E-state index in [0.29, 0.717) is 40.3 Å². The number of hydrogen-bond acceptors (Lipinski definition) is 6. The zero-order valence-corrected chi connectivity index (χ0v) is 21.3. The van der Waals surface area contributed by atoms with Gasteiger partial charge < -0.3 is 10.1 Å². The molecule has 9 heteroatoms. The molecule has 1 aliphatic heterocycles. The van der Waals surface area contributed by atoms with Crippen molar-refractivity contribution >= 4 is 26.8 Å². The fourth-order valence-corrected chi connectivity index (χ4v) is 7.09. The molecular weight excluding hydrogens is 464 g/mol. The van der Waals surface area contributed by atoms with E-state index in [4.69, 9.17) is 14.8 Å². The fourth-order valence-electron chi connectivity index (χ4n) is 5.40. The van der Waals surface area contributed by atoms with Crippen LogP contribution in [0.5, 0.6) is 5.75 Å². The molecule has 1 aromatic carbocycles. The number of ether oxygens (including phenoxy) is 1. The van der Waals surface area contributed by atoms with Gasteiger partial charge in [-0.25, -0.2) is 18.1 Å². The van der Waals surface area contributed by atoms with Gasteiger partial charge in [0, 0.05) is 11.6 Å². The maximum absolute atomic E-state index is 13.7. The van der Waals surface area contributed by atoms with Gasteiger partial charge in [0.2, 0.25) is 0 Å². The largest absolute Gasteiger partial charge is 0.497 e. The first-order valence-corrected chi connectivity index (χ1v) is 14.1. The second-order valence-corrected chi connectivity index (χ2v) is 12.1. The summed E-state index contributed by atoms with van der Waals surface area (Å²) in [6.07, 6.45) is 4.90. The maximum Gasteiger partial charge on any atom is 0.252 e. The molecule has 3 heterocycles. The van der Waals surface area contributed by atoms with Crippen molar-refractivity contribution in [3.05, 3.63) is 41.6 Å². The number of methoxy groups -OCH3 is 1. The number of sulfone groups is 1. The molecule has 2 aliphatic rings. The number of benzene rings is 1. The van der Waals surface area contributed by atoms with Crippen molar-refractivity contribution in [3.63, 3.8) is 0 Å². The minimum Gasteiger partial charge on any atom is -0.497 e. The third-order valence-corrected chi connectivity index (χ3v) is 9.20. The molecular formula is C26H32N4O4S. The van der Waals surface area contributed by atoms with Crippen molar-refractivity contribution < 1.29 is 17.9 Å². The van der Waals surface area contributed by atoms with Gasteiger partial charge >= 0.3 is 0 Å². The van der Waals surface area contributed by atoms with Gasteiger partial charge in [-0.3, -0.25) is 4.79 Å². The highest BCUT2D eigenvalue weighted by Gasteiger charge is 2.33. The standard InChI is InChI=1S/C26H32N4O4S/c1-16-6-4-5-7-22(16)28-26(31)21-14-23(18-8-10-20(34-3)11-9-18)27-25-24(21)17(2)29-30(25)19-12-13-35(32,33)15-19/h8-11,14,16,19,22H,4-7,12-13,15H2,1-3H3,(H,28,31). The maximum atomic E-state index is 13.7. The summed E-state index contributed by atoms with van der Waals surface area (Å²) in [5.41, 5.74) is 3.25. The Kier molecular flexibility index (Phi) is 6.29. The summed E-state index contributed by atoms with van der Waals surface area (Å²) >= 11 is 0. The van der Waals surface area contributed by atoms with Crippen molar-refractivity contribution in [1.82, 2.24) is 20.1 Å². The summed E-state index contributed by atoms with van der Waals surface area (Å²) in [7, 11) is -1.49. The second kappa shape index (κ2) is 9.26. The van der Waals surface area contributed by atoms with Gasteiger partial charge in [-0.2, -0.15) is 5.10 Å². The second-order valence-electron chi connectivity index (χ2n) is 9.91. The van der Waals surface area contributed by atoms with Crippen LogP contribution in [0.4, 0.5) is 0 Å². The average Bonchev–Trinajstić information content (AvgIpc) is 3.38. The third-order valence-electron chi connectivity index (χ3n) is 7.45. The van der Waals surface area contributed by atoms with Crippen molar-refractivity contribution in [1.29, 1.82) is 0 Å². The number of rotatable bonds is 5. The molecule has 3 aromatic rings. The zero-order valence-electron chi connectivity index (χ0n) is 20.5. The summed E-state index contributed by atoms with van der Waals surface area (Å²) in [4.78, 5) is 18.6. The topological polar surface area (TPSA) is 103 Å². The van der Waals surface area contributed by atoms with Crippen LogP contribution in [0, 0.1) is 12.8 Å². The van der Waals surface area contributed by atoms with Crippen molar-refractivity contribution in [3.8, 4) is 17.0 Å². The smallest absolute Gasteiger partial charge is 0.252 e. The van der Waals surface area contributed by atoms with Gasteiger partial charge in [0.25, 0.3) is 5.91 Å². The molecule has 0 spiro atoms. The van der Waals surface area contributed by atoms with Crippen LogP contribution in [-0.4, -0.2) is 53.7 Å². The first kappa shape index (κ1) is 23.8. The lowest BCUT2D eigenvalue weighted by molar-refractivity contribution is 0.0912. The van der Waals surface area contributed by atoms with Crippen LogP contribution in [0.1, 0.15) is 61.1 Å². The van der Waals surface area contributed by atoms with Crippen LogP contribution in [0.15, 0.2) is 30.3 Å². The average molecular weight is 497 g/mol. The molecule has 35 heavy (non-hydrogen) atoms. The molecule has 2 aromatic heterocycles. The van der Waals surface area contributed by atoms with Crippen LogP contribution in [0.2, 0.25) is 0 Å². The van der Waals surface area contributed by atoms with Crippen LogP contribution in [0.25, 0.3) is 22.3 Å². The lowest BCUT2D eigenvalue weighted by atomic mass is 9.86. The van der Waals surface area contributed by atoms with E-state index in [-0.39, 0.29) is 29.5 Å². The SMILES string of the molecule is COc1ccc(-c2cc(C(=O)NC3CCCCC3C)c3c(C)nn(C4CCS(=O)(=O)C4)c3n2)cc1. The number of carbonyl (C=O) groups is 1. The van der Waals surface area contributed by atoms with E-state index >= 15 is 0 Å². The van der Waals surface area contributed by atoms with Crippen molar-refractivity contribution in [2.75, 3.05) is 18.6 Å². The number of amides is 1. The number of aromatic nitrogens is 3. The summed E-state index contributed by atoms with van der Waals surface area (Å²) in [6.45, 7) is 4.05. The van der Waals surface area contributed by atoms with E-state index < -0.39 is 9.84 Å². The van der Waals surface area contributed by atoms with Crippen LogP contribution < -0.4 is 10.1 Å². The van der Waals surface area contributed by atoms with E-state index in [9.17, 15) is 13.2 Å². The number of nitrogens with zero attached hydrogens (tertiary/aromatic N) is 3. The highest BCUT2D eigenvalue weighted by Crippen LogP contribution is 2.33. The number of carbonyl (C=O) groups excluding carboxylic acids is 1. The molecule has 3 unspecified atom stereocenters. The van der Waals surface area contributed by atoms with Gasteiger partial charge in [0.15, 0.2) is 15.5 Å². The summed E-state index contributed by atoms with van der Waals surface area (Å²) in [6, 6.07) is 9.21. The molecule has 2 fully saturated rings. The number of pyridine rings is 1. The Morgan fingerprint density at radius 3 is 2.54 bits per heavy atom. The third kappa shape index (κ3) is 4.66. The zero-order chi connectivity index (χ0) is 24.7. The molecule has 186 valence electrons. The molecule has 0 bridgehead atoms. The number of fused-ring (bicyclic) bond motifs is 1. The van der Waals surface area contributed by atoms with Crippen LogP contribution in [-0.2, 0) is 9.84 Å². The predicted molar refractivity (Wildman–Crippen MR) is 135 cm³/mol. The Hall–Kier alpha value is -2.94. The minimum absolute atomic E-state index is 0.0405. The van der Waals surface area contributed by atoms with Gasteiger partial charge in [-0.05, 0) is 62.4 Å². The monoisotopic (exact) mass is 496 g/mol. The minimum atomic E-state index is -3.11.